The van der Waals surface area contributed by atoms with Crippen molar-refractivity contribution in [1.82, 2.24) is 9.97 Å². The van der Waals surface area contributed by atoms with Gasteiger partial charge in [-0.25, -0.2) is 9.97 Å². The number of aromatic nitrogens is 2. The number of hydrogen-bond acceptors (Lipinski definition) is 3. The maximum atomic E-state index is 4.66. The van der Waals surface area contributed by atoms with Crippen molar-refractivity contribution in [3.05, 3.63) is 16.5 Å². The van der Waals surface area contributed by atoms with Crippen LogP contribution in [0.2, 0.25) is 0 Å². The van der Waals surface area contributed by atoms with Crippen LogP contribution in [0.4, 0.5) is 5.82 Å². The van der Waals surface area contributed by atoms with Gasteiger partial charge < -0.3 is 5.32 Å². The van der Waals surface area contributed by atoms with Gasteiger partial charge in [0.15, 0.2) is 0 Å². The standard InChI is InChI=1S/C16H26BrN3/c1-4-7-15-19-14(17)10-16(20-15)18-13-9-6-5-8-12(13)11(2)3/h10-13H,4-9H2,1-3H3,(H,18,19,20). The van der Waals surface area contributed by atoms with Crippen molar-refractivity contribution in [2.75, 3.05) is 5.32 Å². The smallest absolute Gasteiger partial charge is 0.132 e. The van der Waals surface area contributed by atoms with Gasteiger partial charge in [0.1, 0.15) is 16.2 Å². The highest BCUT2D eigenvalue weighted by Gasteiger charge is 2.27. The molecule has 1 fully saturated rings. The van der Waals surface area contributed by atoms with Crippen molar-refractivity contribution in [3.8, 4) is 0 Å². The number of nitrogens with zero attached hydrogens (tertiary/aromatic N) is 2. The van der Waals surface area contributed by atoms with Crippen LogP contribution in [-0.2, 0) is 6.42 Å². The van der Waals surface area contributed by atoms with Gasteiger partial charge in [0, 0.05) is 18.5 Å². The molecule has 2 atom stereocenters. The summed E-state index contributed by atoms with van der Waals surface area (Å²) in [7, 11) is 0. The Labute approximate surface area is 131 Å². The van der Waals surface area contributed by atoms with Gasteiger partial charge in [0.25, 0.3) is 0 Å². The second-order valence-electron chi connectivity index (χ2n) is 6.19. The summed E-state index contributed by atoms with van der Waals surface area (Å²) in [6.45, 7) is 6.83. The van der Waals surface area contributed by atoms with E-state index in [1.54, 1.807) is 0 Å². The number of halogens is 1. The molecule has 0 radical (unpaired) electrons. The fourth-order valence-corrected chi connectivity index (χ4v) is 3.62. The van der Waals surface area contributed by atoms with E-state index in [0.717, 1.165) is 40.9 Å². The van der Waals surface area contributed by atoms with Gasteiger partial charge in [-0.1, -0.05) is 33.6 Å². The minimum atomic E-state index is 0.556. The Bertz CT molecular complexity index is 434. The number of anilines is 1. The molecular weight excluding hydrogens is 314 g/mol. The fourth-order valence-electron chi connectivity index (χ4n) is 3.20. The van der Waals surface area contributed by atoms with E-state index >= 15 is 0 Å². The summed E-state index contributed by atoms with van der Waals surface area (Å²) in [5.74, 6) is 3.40. The second-order valence-corrected chi connectivity index (χ2v) is 7.00. The highest BCUT2D eigenvalue weighted by Crippen LogP contribution is 2.32. The van der Waals surface area contributed by atoms with Gasteiger partial charge in [-0.3, -0.25) is 0 Å². The lowest BCUT2D eigenvalue weighted by Crippen LogP contribution is -2.35. The molecule has 1 saturated carbocycles. The van der Waals surface area contributed by atoms with Crippen molar-refractivity contribution >= 4 is 21.7 Å². The van der Waals surface area contributed by atoms with Gasteiger partial charge in [0.05, 0.1) is 0 Å². The maximum Gasteiger partial charge on any atom is 0.132 e. The molecule has 0 saturated heterocycles. The van der Waals surface area contributed by atoms with Crippen LogP contribution < -0.4 is 5.32 Å². The van der Waals surface area contributed by atoms with Gasteiger partial charge >= 0.3 is 0 Å². The minimum absolute atomic E-state index is 0.556. The van der Waals surface area contributed by atoms with E-state index in [1.165, 1.54) is 25.7 Å². The summed E-state index contributed by atoms with van der Waals surface area (Å²) in [5, 5.41) is 3.67. The van der Waals surface area contributed by atoms with Gasteiger partial charge in [0.2, 0.25) is 0 Å². The van der Waals surface area contributed by atoms with E-state index in [9.17, 15) is 0 Å². The molecule has 1 aromatic rings. The van der Waals surface area contributed by atoms with Crippen molar-refractivity contribution in [2.24, 2.45) is 11.8 Å². The molecule has 0 amide bonds. The molecule has 2 unspecified atom stereocenters. The molecule has 1 aliphatic rings. The summed E-state index contributed by atoms with van der Waals surface area (Å²) in [4.78, 5) is 9.10. The zero-order valence-electron chi connectivity index (χ0n) is 12.8. The lowest BCUT2D eigenvalue weighted by molar-refractivity contribution is 0.253. The average molecular weight is 340 g/mol. The van der Waals surface area contributed by atoms with E-state index in [0.29, 0.717) is 6.04 Å². The lowest BCUT2D eigenvalue weighted by Gasteiger charge is -2.35. The van der Waals surface area contributed by atoms with Crippen LogP contribution in [0.5, 0.6) is 0 Å². The van der Waals surface area contributed by atoms with Crippen LogP contribution in [0.1, 0.15) is 58.7 Å². The summed E-state index contributed by atoms with van der Waals surface area (Å²) in [5.41, 5.74) is 0. The molecule has 2 rings (SSSR count). The molecule has 112 valence electrons. The molecule has 20 heavy (non-hydrogen) atoms. The molecule has 1 N–H and O–H groups in total. The molecule has 1 aromatic heterocycles. The SMILES string of the molecule is CCCc1nc(Br)cc(NC2CCCCC2C(C)C)n1. The molecule has 0 aromatic carbocycles. The molecule has 0 spiro atoms. The highest BCUT2D eigenvalue weighted by atomic mass is 79.9. The maximum absolute atomic E-state index is 4.66. The first-order chi connectivity index (χ1) is 9.60. The number of aryl methyl sites for hydroxylation is 1. The minimum Gasteiger partial charge on any atom is -0.367 e. The Morgan fingerprint density at radius 2 is 2.05 bits per heavy atom. The molecule has 0 bridgehead atoms. The van der Waals surface area contributed by atoms with Gasteiger partial charge in [-0.15, -0.1) is 0 Å². The molecule has 4 heteroatoms. The summed E-state index contributed by atoms with van der Waals surface area (Å²) >= 11 is 3.50. The Balaban J connectivity index is 2.11. The summed E-state index contributed by atoms with van der Waals surface area (Å²) in [6.07, 6.45) is 7.31. The zero-order chi connectivity index (χ0) is 14.5. The largest absolute Gasteiger partial charge is 0.367 e. The van der Waals surface area contributed by atoms with E-state index in [2.05, 4.69) is 52.0 Å². The number of nitrogens with one attached hydrogen (secondary N) is 1. The van der Waals surface area contributed by atoms with E-state index < -0.39 is 0 Å². The third kappa shape index (κ3) is 4.18. The van der Waals surface area contributed by atoms with Crippen LogP contribution in [0.3, 0.4) is 0 Å². The van der Waals surface area contributed by atoms with Crippen LogP contribution in [0, 0.1) is 11.8 Å². The topological polar surface area (TPSA) is 37.8 Å². The molecule has 1 heterocycles. The Kier molecular flexibility index (Phi) is 5.82. The molecule has 3 nitrogen and oxygen atoms in total. The van der Waals surface area contributed by atoms with Crippen LogP contribution in [0.15, 0.2) is 10.7 Å². The quantitative estimate of drug-likeness (QED) is 0.781. The Morgan fingerprint density at radius 3 is 2.75 bits per heavy atom. The predicted molar refractivity (Wildman–Crippen MR) is 87.9 cm³/mol. The van der Waals surface area contributed by atoms with Crippen molar-refractivity contribution < 1.29 is 0 Å². The first-order valence-electron chi connectivity index (χ1n) is 7.90. The average Bonchev–Trinajstić information content (AvgIpc) is 2.38. The lowest BCUT2D eigenvalue weighted by atomic mass is 9.78. The Morgan fingerprint density at radius 1 is 1.30 bits per heavy atom. The third-order valence-corrected chi connectivity index (χ3v) is 4.63. The zero-order valence-corrected chi connectivity index (χ0v) is 14.4. The first kappa shape index (κ1) is 15.7. The monoisotopic (exact) mass is 339 g/mol. The number of rotatable bonds is 5. The number of hydrogen-bond donors (Lipinski definition) is 1. The van der Waals surface area contributed by atoms with Crippen LogP contribution in [0.25, 0.3) is 0 Å². The summed E-state index contributed by atoms with van der Waals surface area (Å²) < 4.78 is 0.885. The van der Waals surface area contributed by atoms with Crippen molar-refractivity contribution in [1.29, 1.82) is 0 Å². The normalized spacial score (nSPS) is 23.1. The van der Waals surface area contributed by atoms with E-state index in [4.69, 9.17) is 0 Å². The van der Waals surface area contributed by atoms with E-state index in [1.807, 2.05) is 6.07 Å². The Hall–Kier alpha value is -0.640. The highest BCUT2D eigenvalue weighted by molar-refractivity contribution is 9.10. The second kappa shape index (κ2) is 7.39. The van der Waals surface area contributed by atoms with Crippen molar-refractivity contribution in [2.45, 2.75) is 65.3 Å². The van der Waals surface area contributed by atoms with Gasteiger partial charge in [-0.2, -0.15) is 0 Å². The van der Waals surface area contributed by atoms with Crippen LogP contribution in [-0.4, -0.2) is 16.0 Å². The predicted octanol–water partition coefficient (Wildman–Crippen LogP) is 4.82. The first-order valence-corrected chi connectivity index (χ1v) is 8.69. The molecular formula is C16H26BrN3. The third-order valence-electron chi connectivity index (χ3n) is 4.22. The molecule has 0 aliphatic heterocycles. The summed E-state index contributed by atoms with van der Waals surface area (Å²) in [6, 6.07) is 2.56. The van der Waals surface area contributed by atoms with Crippen LogP contribution >= 0.6 is 15.9 Å². The molecule has 1 aliphatic carbocycles. The fraction of sp³-hybridized carbons (Fsp3) is 0.750. The van der Waals surface area contributed by atoms with E-state index in [-0.39, 0.29) is 0 Å². The van der Waals surface area contributed by atoms with Crippen molar-refractivity contribution in [3.63, 3.8) is 0 Å². The van der Waals surface area contributed by atoms with Gasteiger partial charge in [-0.05, 0) is 47.0 Å².